The van der Waals surface area contributed by atoms with Crippen molar-refractivity contribution in [1.82, 2.24) is 19.8 Å². The van der Waals surface area contributed by atoms with E-state index in [9.17, 15) is 9.59 Å². The van der Waals surface area contributed by atoms with Crippen LogP contribution in [0.5, 0.6) is 0 Å². The smallest absolute Gasteiger partial charge is 0.224 e. The van der Waals surface area contributed by atoms with Crippen LogP contribution in [0.3, 0.4) is 0 Å². The zero-order chi connectivity index (χ0) is 22.9. The molecule has 174 valence electrons. The Morgan fingerprint density at radius 1 is 0.909 bits per heavy atom. The number of benzene rings is 2. The number of fused-ring (bicyclic) bond motifs is 1. The number of amides is 2. The lowest BCUT2D eigenvalue weighted by molar-refractivity contribution is -0.131. The van der Waals surface area contributed by atoms with E-state index in [2.05, 4.69) is 16.0 Å². The number of carbonyl (C=O) groups is 2. The summed E-state index contributed by atoms with van der Waals surface area (Å²) in [7, 11) is 0. The molecule has 1 aliphatic heterocycles. The molecule has 4 rings (SSSR count). The maximum atomic E-state index is 12.8. The van der Waals surface area contributed by atoms with E-state index in [-0.39, 0.29) is 11.8 Å². The lowest BCUT2D eigenvalue weighted by Crippen LogP contribution is -2.32. The molecule has 1 aliphatic rings. The molecule has 0 saturated carbocycles. The Kier molecular flexibility index (Phi) is 8.12. The van der Waals surface area contributed by atoms with Crippen LogP contribution >= 0.6 is 0 Å². The average molecular weight is 447 g/mol. The second-order valence-electron chi connectivity index (χ2n) is 8.83. The molecule has 1 saturated heterocycles. The van der Waals surface area contributed by atoms with Crippen LogP contribution in [0.15, 0.2) is 54.6 Å². The van der Waals surface area contributed by atoms with Crippen molar-refractivity contribution in [1.29, 1.82) is 0 Å². The molecule has 1 N–H and O–H groups in total. The van der Waals surface area contributed by atoms with E-state index in [0.29, 0.717) is 25.9 Å². The predicted molar refractivity (Wildman–Crippen MR) is 131 cm³/mol. The Labute approximate surface area is 196 Å². The van der Waals surface area contributed by atoms with Gasteiger partial charge in [0.15, 0.2) is 0 Å². The zero-order valence-corrected chi connectivity index (χ0v) is 19.3. The van der Waals surface area contributed by atoms with Crippen LogP contribution < -0.4 is 5.32 Å². The van der Waals surface area contributed by atoms with Crippen molar-refractivity contribution >= 4 is 22.8 Å². The van der Waals surface area contributed by atoms with E-state index in [1.807, 2.05) is 53.4 Å². The lowest BCUT2D eigenvalue weighted by Gasteiger charge is -2.20. The maximum absolute atomic E-state index is 12.8. The highest BCUT2D eigenvalue weighted by atomic mass is 16.2. The van der Waals surface area contributed by atoms with Gasteiger partial charge in [0.1, 0.15) is 5.82 Å². The summed E-state index contributed by atoms with van der Waals surface area (Å²) >= 11 is 0. The molecule has 6 nitrogen and oxygen atoms in total. The Bertz CT molecular complexity index is 1050. The Balaban J connectivity index is 1.32. The molecule has 2 amide bonds. The summed E-state index contributed by atoms with van der Waals surface area (Å²) in [6.45, 7) is 3.03. The summed E-state index contributed by atoms with van der Waals surface area (Å²) in [6, 6.07) is 17.9. The van der Waals surface area contributed by atoms with Crippen LogP contribution in [0, 0.1) is 0 Å². The van der Waals surface area contributed by atoms with Gasteiger partial charge in [-0.15, -0.1) is 0 Å². The largest absolute Gasteiger partial charge is 0.356 e. The number of hydrogen-bond donors (Lipinski definition) is 1. The van der Waals surface area contributed by atoms with Crippen molar-refractivity contribution in [3.63, 3.8) is 0 Å². The zero-order valence-electron chi connectivity index (χ0n) is 19.3. The molecule has 0 atom stereocenters. The molecule has 33 heavy (non-hydrogen) atoms. The van der Waals surface area contributed by atoms with Gasteiger partial charge < -0.3 is 14.8 Å². The minimum atomic E-state index is 0.0396. The molecule has 0 aliphatic carbocycles. The normalized spacial score (nSPS) is 14.2. The Morgan fingerprint density at radius 3 is 2.42 bits per heavy atom. The second kappa shape index (κ2) is 11.6. The number of para-hydroxylation sites is 2. The first kappa shape index (κ1) is 23.0. The third kappa shape index (κ3) is 6.44. The number of aromatic nitrogens is 2. The average Bonchev–Trinajstić information content (AvgIpc) is 2.98. The highest BCUT2D eigenvalue weighted by Gasteiger charge is 2.17. The number of nitrogens with one attached hydrogen (secondary N) is 1. The molecule has 0 spiro atoms. The minimum absolute atomic E-state index is 0.0396. The van der Waals surface area contributed by atoms with E-state index in [1.165, 1.54) is 12.8 Å². The van der Waals surface area contributed by atoms with E-state index in [1.54, 1.807) is 0 Å². The molecular weight excluding hydrogens is 412 g/mol. The standard InChI is InChI=1S/C27H34N4O2/c32-26(21-22-11-4-3-5-12-22)28-17-10-15-25-29-23-13-6-7-14-24(23)31(25)20-16-27(33)30-18-8-1-2-9-19-30/h3-7,11-14H,1-2,8-10,15-21H2,(H,28,32). The number of likely N-dealkylation sites (tertiary alicyclic amines) is 1. The molecule has 0 radical (unpaired) electrons. The quantitative estimate of drug-likeness (QED) is 0.503. The third-order valence-electron chi connectivity index (χ3n) is 6.35. The van der Waals surface area contributed by atoms with E-state index < -0.39 is 0 Å². The van der Waals surface area contributed by atoms with E-state index in [4.69, 9.17) is 4.98 Å². The van der Waals surface area contributed by atoms with Gasteiger partial charge in [-0.1, -0.05) is 55.3 Å². The monoisotopic (exact) mass is 446 g/mol. The lowest BCUT2D eigenvalue weighted by atomic mass is 10.1. The van der Waals surface area contributed by atoms with Gasteiger partial charge in [0.25, 0.3) is 0 Å². The predicted octanol–water partition coefficient (Wildman–Crippen LogP) is 4.12. The number of carbonyl (C=O) groups excluding carboxylic acids is 2. The topological polar surface area (TPSA) is 67.2 Å². The number of imidazole rings is 1. The van der Waals surface area contributed by atoms with Crippen LogP contribution in [-0.4, -0.2) is 45.9 Å². The van der Waals surface area contributed by atoms with Gasteiger partial charge >= 0.3 is 0 Å². The van der Waals surface area contributed by atoms with Gasteiger partial charge in [-0.05, 0) is 37.0 Å². The Morgan fingerprint density at radius 2 is 1.64 bits per heavy atom. The van der Waals surface area contributed by atoms with Crippen molar-refractivity contribution in [2.45, 2.75) is 57.9 Å². The highest BCUT2D eigenvalue weighted by Crippen LogP contribution is 2.19. The van der Waals surface area contributed by atoms with Crippen LogP contribution in [0.1, 0.15) is 49.9 Å². The summed E-state index contributed by atoms with van der Waals surface area (Å²) in [5.74, 6) is 1.27. The van der Waals surface area contributed by atoms with Gasteiger partial charge in [0.05, 0.1) is 17.5 Å². The van der Waals surface area contributed by atoms with Gasteiger partial charge in [-0.3, -0.25) is 9.59 Å². The van der Waals surface area contributed by atoms with Crippen molar-refractivity contribution < 1.29 is 9.59 Å². The fourth-order valence-electron chi connectivity index (χ4n) is 4.57. The van der Waals surface area contributed by atoms with E-state index in [0.717, 1.165) is 61.2 Å². The van der Waals surface area contributed by atoms with Gasteiger partial charge in [0.2, 0.25) is 11.8 Å². The molecule has 1 fully saturated rings. The fraction of sp³-hybridized carbons (Fsp3) is 0.444. The summed E-state index contributed by atoms with van der Waals surface area (Å²) < 4.78 is 2.19. The number of aryl methyl sites for hydroxylation is 2. The first-order valence-corrected chi connectivity index (χ1v) is 12.2. The van der Waals surface area contributed by atoms with Crippen LogP contribution in [-0.2, 0) is 29.0 Å². The van der Waals surface area contributed by atoms with Crippen LogP contribution in [0.25, 0.3) is 11.0 Å². The Hall–Kier alpha value is -3.15. The summed E-state index contributed by atoms with van der Waals surface area (Å²) in [5, 5.41) is 3.02. The summed E-state index contributed by atoms with van der Waals surface area (Å²) in [4.78, 5) is 31.9. The number of nitrogens with zero attached hydrogens (tertiary/aromatic N) is 3. The maximum Gasteiger partial charge on any atom is 0.224 e. The first-order chi connectivity index (χ1) is 16.2. The van der Waals surface area contributed by atoms with Crippen molar-refractivity contribution in [3.05, 3.63) is 66.0 Å². The summed E-state index contributed by atoms with van der Waals surface area (Å²) in [6.07, 6.45) is 7.15. The third-order valence-corrected chi connectivity index (χ3v) is 6.35. The first-order valence-electron chi connectivity index (χ1n) is 12.2. The molecule has 0 unspecified atom stereocenters. The van der Waals surface area contributed by atoms with Crippen molar-refractivity contribution in [3.8, 4) is 0 Å². The van der Waals surface area contributed by atoms with E-state index >= 15 is 0 Å². The SMILES string of the molecule is O=C(Cc1ccccc1)NCCCc1nc2ccccc2n1CCC(=O)N1CCCCCC1. The summed E-state index contributed by atoms with van der Waals surface area (Å²) in [5.41, 5.74) is 3.05. The molecule has 2 aromatic carbocycles. The molecule has 0 bridgehead atoms. The van der Waals surface area contributed by atoms with Gasteiger partial charge in [-0.2, -0.15) is 0 Å². The fourth-order valence-corrected chi connectivity index (χ4v) is 4.57. The molecule has 6 heteroatoms. The van der Waals surface area contributed by atoms with Crippen molar-refractivity contribution in [2.24, 2.45) is 0 Å². The molecule has 2 heterocycles. The van der Waals surface area contributed by atoms with Gasteiger partial charge in [0, 0.05) is 39.0 Å². The molecule has 3 aromatic rings. The van der Waals surface area contributed by atoms with Crippen molar-refractivity contribution in [2.75, 3.05) is 19.6 Å². The number of hydrogen-bond acceptors (Lipinski definition) is 3. The highest BCUT2D eigenvalue weighted by molar-refractivity contribution is 5.79. The second-order valence-corrected chi connectivity index (χ2v) is 8.83. The van der Waals surface area contributed by atoms with Crippen LogP contribution in [0.2, 0.25) is 0 Å². The van der Waals surface area contributed by atoms with Gasteiger partial charge in [-0.25, -0.2) is 4.98 Å². The number of rotatable bonds is 9. The minimum Gasteiger partial charge on any atom is -0.356 e. The molecule has 1 aromatic heterocycles. The molecular formula is C27H34N4O2. The van der Waals surface area contributed by atoms with Crippen LogP contribution in [0.4, 0.5) is 0 Å².